The molecule has 0 aromatic carbocycles. The van der Waals surface area contributed by atoms with Gasteiger partial charge in [-0.1, -0.05) is 6.92 Å². The van der Waals surface area contributed by atoms with Crippen LogP contribution in [-0.2, 0) is 17.7 Å². The maximum atomic E-state index is 5.89. The summed E-state index contributed by atoms with van der Waals surface area (Å²) in [6.07, 6.45) is 9.18. The minimum absolute atomic E-state index is 0.482. The molecule has 1 unspecified atom stereocenters. The van der Waals surface area contributed by atoms with Crippen molar-refractivity contribution < 1.29 is 9.47 Å². The van der Waals surface area contributed by atoms with E-state index in [9.17, 15) is 0 Å². The van der Waals surface area contributed by atoms with Crippen molar-refractivity contribution in [2.45, 2.75) is 32.7 Å². The predicted octanol–water partition coefficient (Wildman–Crippen LogP) is 3.71. The standard InChI is InChI=1S/C26H33N5O2/c1-2-20-12-24-25(27-14-20)13-22(15-28-24)17-30-7-9-31(10-8-30)23-5-6-26(29-16-23)33-19-21-4-3-11-32-18-21/h5-6,12-16,21H,2-4,7-11,17-19H2,1H3. The summed E-state index contributed by atoms with van der Waals surface area (Å²) in [5, 5.41) is 0. The number of nitrogens with zero attached hydrogens (tertiary/aromatic N) is 5. The fourth-order valence-electron chi connectivity index (χ4n) is 4.57. The monoisotopic (exact) mass is 447 g/mol. The number of fused-ring (bicyclic) bond motifs is 1. The molecule has 7 nitrogen and oxygen atoms in total. The third-order valence-corrected chi connectivity index (χ3v) is 6.64. The SMILES string of the molecule is CCc1cnc2cc(CN3CCN(c4ccc(OCC5CCCOC5)nc4)CC3)cnc2c1. The molecule has 1 atom stereocenters. The molecule has 2 aliphatic rings. The van der Waals surface area contributed by atoms with E-state index in [1.807, 2.05) is 24.7 Å². The molecule has 33 heavy (non-hydrogen) atoms. The molecule has 0 aliphatic carbocycles. The van der Waals surface area contributed by atoms with E-state index in [0.29, 0.717) is 18.4 Å². The Kier molecular flexibility index (Phi) is 6.98. The van der Waals surface area contributed by atoms with Gasteiger partial charge in [-0.3, -0.25) is 14.9 Å². The highest BCUT2D eigenvalue weighted by Gasteiger charge is 2.19. The first-order valence-corrected chi connectivity index (χ1v) is 12.1. The van der Waals surface area contributed by atoms with Crippen LogP contribution >= 0.6 is 0 Å². The first-order chi connectivity index (χ1) is 16.3. The summed E-state index contributed by atoms with van der Waals surface area (Å²) in [6.45, 7) is 9.42. The van der Waals surface area contributed by atoms with Crippen molar-refractivity contribution in [2.75, 3.05) is 50.9 Å². The number of ether oxygens (including phenoxy) is 2. The molecule has 0 radical (unpaired) electrons. The van der Waals surface area contributed by atoms with Crippen LogP contribution in [0.3, 0.4) is 0 Å². The third kappa shape index (κ3) is 5.60. The van der Waals surface area contributed by atoms with Gasteiger partial charge >= 0.3 is 0 Å². The lowest BCUT2D eigenvalue weighted by Gasteiger charge is -2.36. The molecule has 174 valence electrons. The molecular weight excluding hydrogens is 414 g/mol. The minimum atomic E-state index is 0.482. The summed E-state index contributed by atoms with van der Waals surface area (Å²) in [5.74, 6) is 1.18. The van der Waals surface area contributed by atoms with Crippen LogP contribution in [0.4, 0.5) is 5.69 Å². The second kappa shape index (κ2) is 10.4. The van der Waals surface area contributed by atoms with Crippen molar-refractivity contribution in [1.82, 2.24) is 19.9 Å². The van der Waals surface area contributed by atoms with E-state index in [2.05, 4.69) is 49.9 Å². The minimum Gasteiger partial charge on any atom is -0.477 e. The summed E-state index contributed by atoms with van der Waals surface area (Å²) in [5.41, 5.74) is 5.57. The normalized spacial score (nSPS) is 19.7. The molecule has 5 heterocycles. The number of hydrogen-bond donors (Lipinski definition) is 0. The Bertz CT molecular complexity index is 1040. The van der Waals surface area contributed by atoms with Crippen LogP contribution in [0, 0.1) is 5.92 Å². The molecule has 3 aromatic rings. The highest BCUT2D eigenvalue weighted by molar-refractivity contribution is 5.74. The van der Waals surface area contributed by atoms with Gasteiger partial charge in [-0.15, -0.1) is 0 Å². The molecule has 2 saturated heterocycles. The van der Waals surface area contributed by atoms with E-state index in [-0.39, 0.29) is 0 Å². The lowest BCUT2D eigenvalue weighted by atomic mass is 10.0. The number of rotatable bonds is 7. The Morgan fingerprint density at radius 3 is 2.45 bits per heavy atom. The summed E-state index contributed by atoms with van der Waals surface area (Å²) in [4.78, 5) is 18.6. The zero-order valence-corrected chi connectivity index (χ0v) is 19.4. The van der Waals surface area contributed by atoms with Crippen molar-refractivity contribution in [3.63, 3.8) is 0 Å². The van der Waals surface area contributed by atoms with Gasteiger partial charge in [0.15, 0.2) is 0 Å². The number of anilines is 1. The Morgan fingerprint density at radius 1 is 0.970 bits per heavy atom. The van der Waals surface area contributed by atoms with Gasteiger partial charge in [0, 0.05) is 63.7 Å². The maximum absolute atomic E-state index is 5.89. The third-order valence-electron chi connectivity index (χ3n) is 6.64. The van der Waals surface area contributed by atoms with Crippen LogP contribution in [0.1, 0.15) is 30.9 Å². The topological polar surface area (TPSA) is 63.6 Å². The van der Waals surface area contributed by atoms with E-state index >= 15 is 0 Å². The van der Waals surface area contributed by atoms with E-state index in [1.54, 1.807) is 0 Å². The largest absolute Gasteiger partial charge is 0.477 e. The summed E-state index contributed by atoms with van der Waals surface area (Å²) < 4.78 is 11.4. The molecule has 5 rings (SSSR count). The molecule has 2 fully saturated rings. The lowest BCUT2D eigenvalue weighted by molar-refractivity contribution is 0.0344. The molecule has 3 aromatic heterocycles. The molecule has 0 bridgehead atoms. The van der Waals surface area contributed by atoms with Gasteiger partial charge in [-0.25, -0.2) is 4.98 Å². The highest BCUT2D eigenvalue weighted by atomic mass is 16.5. The van der Waals surface area contributed by atoms with E-state index in [4.69, 9.17) is 9.47 Å². The Morgan fingerprint density at radius 2 is 1.76 bits per heavy atom. The Balaban J connectivity index is 1.11. The van der Waals surface area contributed by atoms with Crippen molar-refractivity contribution in [2.24, 2.45) is 5.92 Å². The molecular formula is C26H33N5O2. The Labute approximate surface area is 195 Å². The van der Waals surface area contributed by atoms with Crippen LogP contribution in [0.2, 0.25) is 0 Å². The number of aryl methyl sites for hydroxylation is 1. The van der Waals surface area contributed by atoms with E-state index < -0.39 is 0 Å². The van der Waals surface area contributed by atoms with Gasteiger partial charge in [0.1, 0.15) is 0 Å². The fourth-order valence-corrected chi connectivity index (χ4v) is 4.57. The van der Waals surface area contributed by atoms with Gasteiger partial charge in [0.25, 0.3) is 0 Å². The van der Waals surface area contributed by atoms with Crippen LogP contribution in [0.15, 0.2) is 42.9 Å². The van der Waals surface area contributed by atoms with Crippen molar-refractivity contribution in [1.29, 1.82) is 0 Å². The molecule has 0 saturated carbocycles. The summed E-state index contributed by atoms with van der Waals surface area (Å²) >= 11 is 0. The van der Waals surface area contributed by atoms with Crippen molar-refractivity contribution in [3.8, 4) is 5.88 Å². The van der Waals surface area contributed by atoms with Crippen LogP contribution in [0.5, 0.6) is 5.88 Å². The van der Waals surface area contributed by atoms with Crippen molar-refractivity contribution in [3.05, 3.63) is 54.0 Å². The van der Waals surface area contributed by atoms with Gasteiger partial charge in [-0.2, -0.15) is 0 Å². The zero-order valence-electron chi connectivity index (χ0n) is 19.4. The fraction of sp³-hybridized carbons (Fsp3) is 0.500. The second-order valence-corrected chi connectivity index (χ2v) is 9.09. The predicted molar refractivity (Wildman–Crippen MR) is 130 cm³/mol. The second-order valence-electron chi connectivity index (χ2n) is 9.09. The molecule has 0 N–H and O–H groups in total. The van der Waals surface area contributed by atoms with Gasteiger partial charge in [0.05, 0.1) is 36.1 Å². The Hall–Kier alpha value is -2.77. The van der Waals surface area contributed by atoms with Gasteiger partial charge in [-0.05, 0) is 48.6 Å². The van der Waals surface area contributed by atoms with Gasteiger partial charge < -0.3 is 14.4 Å². The quantitative estimate of drug-likeness (QED) is 0.547. The smallest absolute Gasteiger partial charge is 0.213 e. The first-order valence-electron chi connectivity index (χ1n) is 12.1. The number of piperazine rings is 1. The summed E-state index contributed by atoms with van der Waals surface area (Å²) in [6, 6.07) is 8.43. The van der Waals surface area contributed by atoms with E-state index in [1.165, 1.54) is 17.5 Å². The maximum Gasteiger partial charge on any atom is 0.213 e. The highest BCUT2D eigenvalue weighted by Crippen LogP contribution is 2.21. The van der Waals surface area contributed by atoms with Crippen LogP contribution < -0.4 is 9.64 Å². The first kappa shape index (κ1) is 22.0. The average molecular weight is 448 g/mol. The van der Waals surface area contributed by atoms with Crippen molar-refractivity contribution >= 4 is 16.7 Å². The average Bonchev–Trinajstić information content (AvgIpc) is 2.88. The number of aromatic nitrogens is 3. The summed E-state index contributed by atoms with van der Waals surface area (Å²) in [7, 11) is 0. The van der Waals surface area contributed by atoms with E-state index in [0.717, 1.165) is 75.5 Å². The molecule has 0 spiro atoms. The zero-order chi connectivity index (χ0) is 22.5. The van der Waals surface area contributed by atoms with Crippen LogP contribution in [0.25, 0.3) is 11.0 Å². The molecule has 2 aliphatic heterocycles. The lowest BCUT2D eigenvalue weighted by Crippen LogP contribution is -2.46. The number of hydrogen-bond acceptors (Lipinski definition) is 7. The molecule has 0 amide bonds. The van der Waals surface area contributed by atoms with Crippen LogP contribution in [-0.4, -0.2) is 65.9 Å². The molecule has 7 heteroatoms. The van der Waals surface area contributed by atoms with Gasteiger partial charge in [0.2, 0.25) is 5.88 Å². The number of pyridine rings is 3.